The number of pyridine rings is 1. The van der Waals surface area contributed by atoms with Crippen LogP contribution in [0.5, 0.6) is 0 Å². The molecule has 0 spiro atoms. The summed E-state index contributed by atoms with van der Waals surface area (Å²) in [6.07, 6.45) is 2.16. The number of carbonyl (C=O) groups excluding carboxylic acids is 1. The molecule has 0 aliphatic carbocycles. The van der Waals surface area contributed by atoms with Gasteiger partial charge in [-0.25, -0.2) is 0 Å². The van der Waals surface area contributed by atoms with Crippen molar-refractivity contribution in [2.75, 3.05) is 0 Å². The molecule has 2 N–H and O–H groups in total. The Hall–Kier alpha value is -1.93. The predicted octanol–water partition coefficient (Wildman–Crippen LogP) is 3.21. The number of aromatic nitrogens is 1. The first kappa shape index (κ1) is 19.4. The van der Waals surface area contributed by atoms with Gasteiger partial charge in [-0.3, -0.25) is 25.2 Å². The molecule has 0 fully saturated rings. The van der Waals surface area contributed by atoms with Crippen molar-refractivity contribution in [3.05, 3.63) is 70.0 Å². The van der Waals surface area contributed by atoms with Gasteiger partial charge in [0.25, 0.3) is 11.6 Å². The first-order chi connectivity index (χ1) is 11.8. The minimum absolute atomic E-state index is 0.130. The van der Waals surface area contributed by atoms with Gasteiger partial charge in [-0.05, 0) is 17.7 Å². The number of amides is 1. The fourth-order valence-electron chi connectivity index (χ4n) is 2.00. The van der Waals surface area contributed by atoms with E-state index in [1.807, 2.05) is 0 Å². The quantitative estimate of drug-likeness (QED) is 0.334. The van der Waals surface area contributed by atoms with Crippen LogP contribution in [0.2, 0.25) is 0 Å². The summed E-state index contributed by atoms with van der Waals surface area (Å²) in [6, 6.07) is 9.07. The number of hydrogen-bond donors (Lipinski definition) is 2. The van der Waals surface area contributed by atoms with Gasteiger partial charge < -0.3 is 5.32 Å². The van der Waals surface area contributed by atoms with E-state index in [9.17, 15) is 14.9 Å². The van der Waals surface area contributed by atoms with E-state index in [1.54, 1.807) is 24.5 Å². The molecule has 2 aromatic rings. The highest BCUT2D eigenvalue weighted by atomic mass is 35.6. The largest absolute Gasteiger partial charge is 0.332 e. The minimum atomic E-state index is -1.87. The number of alkyl halides is 3. The van der Waals surface area contributed by atoms with Crippen LogP contribution in [0.3, 0.4) is 0 Å². The van der Waals surface area contributed by atoms with Gasteiger partial charge in [0.05, 0.1) is 4.92 Å². The Morgan fingerprint density at radius 2 is 1.96 bits per heavy atom. The van der Waals surface area contributed by atoms with Gasteiger partial charge in [-0.15, -0.1) is 0 Å². The van der Waals surface area contributed by atoms with Crippen LogP contribution in [-0.2, 0) is 6.54 Å². The number of nitro groups is 1. The van der Waals surface area contributed by atoms with E-state index in [4.69, 9.17) is 34.8 Å². The fraction of sp³-hybridized carbons (Fsp3) is 0.200. The van der Waals surface area contributed by atoms with Crippen molar-refractivity contribution in [3.8, 4) is 0 Å². The maximum Gasteiger partial charge on any atom is 0.282 e. The molecule has 1 atom stereocenters. The van der Waals surface area contributed by atoms with Gasteiger partial charge in [0.15, 0.2) is 0 Å². The zero-order valence-electron chi connectivity index (χ0n) is 12.7. The van der Waals surface area contributed by atoms with Crippen LogP contribution < -0.4 is 10.6 Å². The normalized spacial score (nSPS) is 12.4. The number of rotatable bonds is 6. The summed E-state index contributed by atoms with van der Waals surface area (Å²) < 4.78 is -1.87. The average Bonchev–Trinajstić information content (AvgIpc) is 2.58. The standard InChI is InChI=1S/C15H13Cl3N4O3/c16-15(17,18)14(20-9-10-4-3-7-19-8-10)21-13(23)11-5-1-2-6-12(11)22(24)25/h1-8,14,20H,9H2,(H,21,23). The van der Waals surface area contributed by atoms with E-state index in [0.717, 1.165) is 5.56 Å². The Balaban J connectivity index is 2.14. The topological polar surface area (TPSA) is 97.2 Å². The molecule has 0 aliphatic heterocycles. The first-order valence-electron chi connectivity index (χ1n) is 7.02. The zero-order chi connectivity index (χ0) is 18.4. The Labute approximate surface area is 158 Å². The number of benzene rings is 1. The first-order valence-corrected chi connectivity index (χ1v) is 8.15. The molecule has 7 nitrogen and oxygen atoms in total. The molecule has 0 saturated heterocycles. The Bertz CT molecular complexity index is 753. The Kier molecular flexibility index (Phi) is 6.55. The maximum absolute atomic E-state index is 12.4. The number of nitro benzene ring substituents is 1. The molecular weight excluding hydrogens is 391 g/mol. The van der Waals surface area contributed by atoms with Crippen LogP contribution in [0.1, 0.15) is 15.9 Å². The summed E-state index contributed by atoms with van der Waals surface area (Å²) in [4.78, 5) is 26.8. The third-order valence-corrected chi connectivity index (χ3v) is 3.84. The van der Waals surface area contributed by atoms with Gasteiger partial charge in [0.2, 0.25) is 3.79 Å². The van der Waals surface area contributed by atoms with Crippen molar-refractivity contribution >= 4 is 46.4 Å². The van der Waals surface area contributed by atoms with Crippen molar-refractivity contribution in [2.45, 2.75) is 16.5 Å². The Morgan fingerprint density at radius 1 is 1.24 bits per heavy atom. The maximum atomic E-state index is 12.4. The van der Waals surface area contributed by atoms with Crippen LogP contribution in [0, 0.1) is 10.1 Å². The van der Waals surface area contributed by atoms with Crippen molar-refractivity contribution in [3.63, 3.8) is 0 Å². The smallest absolute Gasteiger partial charge is 0.282 e. The number of hydrogen-bond acceptors (Lipinski definition) is 5. The minimum Gasteiger partial charge on any atom is -0.332 e. The molecule has 1 amide bonds. The van der Waals surface area contributed by atoms with Crippen molar-refractivity contribution in [1.82, 2.24) is 15.6 Å². The fourth-order valence-corrected chi connectivity index (χ4v) is 2.40. The summed E-state index contributed by atoms with van der Waals surface area (Å²) in [7, 11) is 0. The molecule has 10 heteroatoms. The van der Waals surface area contributed by atoms with Gasteiger partial charge in [0.1, 0.15) is 11.7 Å². The lowest BCUT2D eigenvalue weighted by molar-refractivity contribution is -0.385. The molecule has 1 unspecified atom stereocenters. The molecule has 0 radical (unpaired) electrons. The van der Waals surface area contributed by atoms with E-state index >= 15 is 0 Å². The lowest BCUT2D eigenvalue weighted by Gasteiger charge is -2.26. The second-order valence-corrected chi connectivity index (χ2v) is 7.33. The second-order valence-electron chi connectivity index (χ2n) is 4.96. The molecule has 132 valence electrons. The van der Waals surface area contributed by atoms with Crippen LogP contribution in [0.15, 0.2) is 48.8 Å². The Morgan fingerprint density at radius 3 is 2.56 bits per heavy atom. The lowest BCUT2D eigenvalue weighted by atomic mass is 10.1. The van der Waals surface area contributed by atoms with Gasteiger partial charge >= 0.3 is 0 Å². The second kappa shape index (κ2) is 8.44. The van der Waals surface area contributed by atoms with Gasteiger partial charge in [-0.2, -0.15) is 0 Å². The summed E-state index contributed by atoms with van der Waals surface area (Å²) in [5.74, 6) is -0.734. The summed E-state index contributed by atoms with van der Waals surface area (Å²) in [6.45, 7) is 0.267. The third-order valence-electron chi connectivity index (χ3n) is 3.18. The molecule has 1 heterocycles. The van der Waals surface area contributed by atoms with E-state index in [-0.39, 0.29) is 17.8 Å². The van der Waals surface area contributed by atoms with Crippen LogP contribution >= 0.6 is 34.8 Å². The highest BCUT2D eigenvalue weighted by molar-refractivity contribution is 6.68. The van der Waals surface area contributed by atoms with Crippen molar-refractivity contribution in [2.24, 2.45) is 0 Å². The number of para-hydroxylation sites is 1. The van der Waals surface area contributed by atoms with E-state index in [0.29, 0.717) is 0 Å². The van der Waals surface area contributed by atoms with Crippen molar-refractivity contribution in [1.29, 1.82) is 0 Å². The van der Waals surface area contributed by atoms with Crippen LogP contribution in [0.4, 0.5) is 5.69 Å². The monoisotopic (exact) mass is 402 g/mol. The summed E-state index contributed by atoms with van der Waals surface area (Å²) in [5, 5.41) is 16.4. The summed E-state index contributed by atoms with van der Waals surface area (Å²) in [5.41, 5.74) is 0.340. The summed E-state index contributed by atoms with van der Waals surface area (Å²) >= 11 is 17.7. The van der Waals surface area contributed by atoms with Gasteiger partial charge in [0, 0.05) is 25.0 Å². The van der Waals surface area contributed by atoms with E-state index < -0.39 is 20.8 Å². The van der Waals surface area contributed by atoms with Crippen LogP contribution in [-0.4, -0.2) is 25.8 Å². The third kappa shape index (κ3) is 5.54. The van der Waals surface area contributed by atoms with E-state index in [2.05, 4.69) is 15.6 Å². The molecule has 25 heavy (non-hydrogen) atoms. The van der Waals surface area contributed by atoms with Crippen LogP contribution in [0.25, 0.3) is 0 Å². The molecule has 0 aliphatic rings. The highest BCUT2D eigenvalue weighted by Crippen LogP contribution is 2.30. The molecule has 0 saturated carbocycles. The average molecular weight is 404 g/mol. The highest BCUT2D eigenvalue weighted by Gasteiger charge is 2.34. The van der Waals surface area contributed by atoms with Crippen molar-refractivity contribution < 1.29 is 9.72 Å². The predicted molar refractivity (Wildman–Crippen MR) is 95.7 cm³/mol. The number of nitrogens with one attached hydrogen (secondary N) is 2. The van der Waals surface area contributed by atoms with E-state index in [1.165, 1.54) is 24.3 Å². The molecule has 1 aromatic carbocycles. The van der Waals surface area contributed by atoms with Gasteiger partial charge in [-0.1, -0.05) is 53.0 Å². The number of carbonyl (C=O) groups is 1. The molecule has 1 aromatic heterocycles. The number of halogens is 3. The molecule has 2 rings (SSSR count). The zero-order valence-corrected chi connectivity index (χ0v) is 14.9. The SMILES string of the molecule is O=C(NC(NCc1cccnc1)C(Cl)(Cl)Cl)c1ccccc1[N+](=O)[O-]. The number of nitrogens with zero attached hydrogens (tertiary/aromatic N) is 2. The molecular formula is C15H13Cl3N4O3. The lowest BCUT2D eigenvalue weighted by Crippen LogP contribution is -2.53. The molecule has 0 bridgehead atoms.